The van der Waals surface area contributed by atoms with Gasteiger partial charge in [-0.05, 0) is 56.2 Å². The van der Waals surface area contributed by atoms with Gasteiger partial charge >= 0.3 is 0 Å². The lowest BCUT2D eigenvalue weighted by atomic mass is 9.62. The predicted molar refractivity (Wildman–Crippen MR) is 174 cm³/mol. The van der Waals surface area contributed by atoms with Gasteiger partial charge in [-0.3, -0.25) is 0 Å². The minimum absolute atomic E-state index is 0.0810. The number of ether oxygens (including phenoxy) is 3. The van der Waals surface area contributed by atoms with Gasteiger partial charge in [0.05, 0.1) is 11.5 Å². The van der Waals surface area contributed by atoms with Crippen molar-refractivity contribution in [2.24, 2.45) is 0 Å². The van der Waals surface area contributed by atoms with Crippen LogP contribution in [0.1, 0.15) is 85.1 Å². The number of hydrogen-bond acceptors (Lipinski definition) is 12. The Morgan fingerprint density at radius 2 is 1.14 bits per heavy atom. The highest BCUT2D eigenvalue weighted by Crippen LogP contribution is 2.65. The molecule has 1 saturated heterocycles. The maximum Gasteiger partial charge on any atom is 0.157 e. The lowest BCUT2D eigenvalue weighted by Crippen LogP contribution is -2.59. The van der Waals surface area contributed by atoms with Gasteiger partial charge in [0.25, 0.3) is 0 Å². The normalized spacial score (nSPS) is 25.2. The van der Waals surface area contributed by atoms with Gasteiger partial charge in [0, 0.05) is 45.7 Å². The van der Waals surface area contributed by atoms with E-state index in [1.54, 1.807) is 26.8 Å². The molecule has 3 aliphatic rings. The van der Waals surface area contributed by atoms with Gasteiger partial charge in [0.15, 0.2) is 35.2 Å². The van der Waals surface area contributed by atoms with Crippen molar-refractivity contribution in [1.29, 1.82) is 0 Å². The molecule has 6 atom stereocenters. The largest absolute Gasteiger partial charge is 0.507 e. The molecule has 0 spiro atoms. The Morgan fingerprint density at radius 3 is 1.71 bits per heavy atom. The van der Waals surface area contributed by atoms with E-state index in [1.165, 1.54) is 36.4 Å². The van der Waals surface area contributed by atoms with Crippen LogP contribution in [0.4, 0.5) is 0 Å². The maximum absolute atomic E-state index is 12.2. The van der Waals surface area contributed by atoms with Gasteiger partial charge < -0.3 is 60.2 Å². The Morgan fingerprint density at radius 1 is 0.612 bits per heavy atom. The number of benzene rings is 4. The van der Waals surface area contributed by atoms with E-state index in [2.05, 4.69) is 0 Å². The number of hydrogen-bond donors (Lipinski definition) is 9. The Hall–Kier alpha value is -5.20. The second kappa shape index (κ2) is 10.6. The maximum atomic E-state index is 12.2. The molecule has 3 aliphatic heterocycles. The van der Waals surface area contributed by atoms with Crippen LogP contribution in [0.15, 0.2) is 48.5 Å². The lowest BCUT2D eigenvalue weighted by Gasteiger charge is -2.57. The van der Waals surface area contributed by atoms with Gasteiger partial charge in [-0.15, -0.1) is 0 Å². The minimum atomic E-state index is -1.46. The summed E-state index contributed by atoms with van der Waals surface area (Å²) >= 11 is 0. The summed E-state index contributed by atoms with van der Waals surface area (Å²) in [6, 6.07) is 10.6. The van der Waals surface area contributed by atoms with E-state index in [1.807, 2.05) is 13.8 Å². The van der Waals surface area contributed by atoms with Crippen LogP contribution in [0, 0.1) is 6.92 Å². The van der Waals surface area contributed by atoms with Crippen LogP contribution in [0.3, 0.4) is 0 Å². The van der Waals surface area contributed by atoms with E-state index in [-0.39, 0.29) is 74.0 Å². The van der Waals surface area contributed by atoms with Crippen LogP contribution in [-0.4, -0.2) is 63.8 Å². The quantitative estimate of drug-likeness (QED) is 0.121. The molecule has 0 amide bonds. The molecular formula is C37H38O12. The number of fused-ring (bicyclic) bond motifs is 4. The zero-order valence-corrected chi connectivity index (χ0v) is 27.3. The Balaban J connectivity index is 1.46. The fraction of sp³-hybridized carbons (Fsp3) is 0.351. The first-order chi connectivity index (χ1) is 22.9. The molecule has 1 fully saturated rings. The second-order valence-electron chi connectivity index (χ2n) is 14.2. The summed E-state index contributed by atoms with van der Waals surface area (Å²) in [6.07, 6.45) is -4.13. The Kier molecular flexibility index (Phi) is 7.03. The van der Waals surface area contributed by atoms with Gasteiger partial charge in [-0.25, -0.2) is 0 Å². The molecule has 0 bridgehead atoms. The zero-order chi connectivity index (χ0) is 35.5. The van der Waals surface area contributed by atoms with E-state index in [9.17, 15) is 46.0 Å². The number of aromatic hydroxyl groups is 8. The summed E-state index contributed by atoms with van der Waals surface area (Å²) < 4.78 is 19.1. The summed E-state index contributed by atoms with van der Waals surface area (Å²) in [5.74, 6) is -4.11. The van der Waals surface area contributed by atoms with E-state index in [4.69, 9.17) is 14.2 Å². The van der Waals surface area contributed by atoms with Crippen molar-refractivity contribution in [1.82, 2.24) is 0 Å². The number of aliphatic hydroxyl groups is 1. The van der Waals surface area contributed by atoms with Gasteiger partial charge in [-0.2, -0.15) is 0 Å². The molecule has 49 heavy (non-hydrogen) atoms. The smallest absolute Gasteiger partial charge is 0.157 e. The fourth-order valence-corrected chi connectivity index (χ4v) is 8.10. The average Bonchev–Trinajstić information content (AvgIpc) is 3.01. The average molecular weight is 675 g/mol. The summed E-state index contributed by atoms with van der Waals surface area (Å²) in [5.41, 5.74) is -0.419. The van der Waals surface area contributed by atoms with E-state index < -0.39 is 53.0 Å². The summed E-state index contributed by atoms with van der Waals surface area (Å²) in [6.45, 7) is 8.76. The lowest BCUT2D eigenvalue weighted by molar-refractivity contribution is -0.248. The highest BCUT2D eigenvalue weighted by Gasteiger charge is 2.60. The number of phenolic OH excluding ortho intramolecular Hbond substituents is 8. The highest BCUT2D eigenvalue weighted by molar-refractivity contribution is 5.66. The van der Waals surface area contributed by atoms with Gasteiger partial charge in [-0.1, -0.05) is 26.0 Å². The molecule has 0 radical (unpaired) electrons. The van der Waals surface area contributed by atoms with Crippen LogP contribution in [0.25, 0.3) is 0 Å². The third kappa shape index (κ3) is 4.65. The van der Waals surface area contributed by atoms with Crippen LogP contribution in [0.5, 0.6) is 57.5 Å². The molecule has 258 valence electrons. The highest BCUT2D eigenvalue weighted by atomic mass is 16.6. The first kappa shape index (κ1) is 32.4. The monoisotopic (exact) mass is 674 g/mol. The molecule has 0 aliphatic carbocycles. The number of aliphatic hydroxyl groups excluding tert-OH is 1. The molecule has 4 aromatic rings. The summed E-state index contributed by atoms with van der Waals surface area (Å²) in [4.78, 5) is 0. The Labute approximate surface area is 281 Å². The second-order valence-corrected chi connectivity index (χ2v) is 14.2. The first-order valence-corrected chi connectivity index (χ1v) is 15.8. The first-order valence-electron chi connectivity index (χ1n) is 15.8. The zero-order valence-electron chi connectivity index (χ0n) is 27.3. The van der Waals surface area contributed by atoms with Crippen molar-refractivity contribution in [3.63, 3.8) is 0 Å². The predicted octanol–water partition coefficient (Wildman–Crippen LogP) is 5.59. The fourth-order valence-electron chi connectivity index (χ4n) is 8.10. The molecule has 9 N–H and O–H groups in total. The van der Waals surface area contributed by atoms with E-state index >= 15 is 0 Å². The van der Waals surface area contributed by atoms with Crippen molar-refractivity contribution < 1.29 is 60.2 Å². The van der Waals surface area contributed by atoms with Crippen molar-refractivity contribution >= 4 is 0 Å². The third-order valence-corrected chi connectivity index (χ3v) is 10.5. The van der Waals surface area contributed by atoms with E-state index in [0.717, 1.165) is 6.07 Å². The standard InChI is InChI=1S/C37H38O12/c1-14-19(40)12-22(43)25-28(30(46)32(47-31(14)25)15-6-8-17(38)20(41)10-15)36(2,3)27-24(45)13-23(44)26-29-35(49-37(29,4)5)33(48-34(26)27)16-7-9-18(39)21(42)11-16/h6-13,28-30,32-33,35,38-46H,1-5H3. The third-order valence-electron chi connectivity index (χ3n) is 10.5. The Bertz CT molecular complexity index is 2020. The molecule has 6 unspecified atom stereocenters. The number of phenols is 8. The van der Waals surface area contributed by atoms with Crippen molar-refractivity contribution in [2.45, 2.75) is 81.9 Å². The van der Waals surface area contributed by atoms with E-state index in [0.29, 0.717) is 11.1 Å². The molecule has 0 aromatic heterocycles. The van der Waals surface area contributed by atoms with Crippen LogP contribution >= 0.6 is 0 Å². The molecule has 3 heterocycles. The minimum Gasteiger partial charge on any atom is -0.507 e. The van der Waals surface area contributed by atoms with Gasteiger partial charge in [0.2, 0.25) is 0 Å². The number of rotatable bonds is 4. The molecule has 12 heteroatoms. The van der Waals surface area contributed by atoms with Crippen molar-refractivity contribution in [3.8, 4) is 57.5 Å². The van der Waals surface area contributed by atoms with Crippen LogP contribution in [-0.2, 0) is 10.2 Å². The molecule has 7 rings (SSSR count). The van der Waals surface area contributed by atoms with Crippen molar-refractivity contribution in [2.75, 3.05) is 0 Å². The summed E-state index contributed by atoms with van der Waals surface area (Å²) in [5, 5.41) is 97.9. The van der Waals surface area contributed by atoms with Gasteiger partial charge in [0.1, 0.15) is 46.7 Å². The van der Waals surface area contributed by atoms with Crippen LogP contribution < -0.4 is 9.47 Å². The van der Waals surface area contributed by atoms with Crippen molar-refractivity contribution in [3.05, 3.63) is 81.9 Å². The SMILES string of the molecule is Cc1c(O)cc(O)c2c1OC(c1ccc(O)c(O)c1)C(O)C2C(C)(C)c1c(O)cc(O)c2c1OC(c1ccc(O)c(O)c1)C1OC(C)(C)C21. The molecule has 4 aromatic carbocycles. The molecule has 0 saturated carbocycles. The molecule has 12 nitrogen and oxygen atoms in total. The molecular weight excluding hydrogens is 636 g/mol. The summed E-state index contributed by atoms with van der Waals surface area (Å²) in [7, 11) is 0. The topological polar surface area (TPSA) is 210 Å². The van der Waals surface area contributed by atoms with Crippen LogP contribution in [0.2, 0.25) is 0 Å².